The third-order valence-corrected chi connectivity index (χ3v) is 4.65. The Balaban J connectivity index is 1.74. The monoisotopic (exact) mass is 317 g/mol. The number of benzene rings is 1. The van der Waals surface area contributed by atoms with Crippen molar-refractivity contribution >= 4 is 5.91 Å². The van der Waals surface area contributed by atoms with Gasteiger partial charge in [0.2, 0.25) is 5.91 Å². The summed E-state index contributed by atoms with van der Waals surface area (Å²) in [5.74, 6) is -0.270. The van der Waals surface area contributed by atoms with E-state index in [-0.39, 0.29) is 23.9 Å². The van der Waals surface area contributed by atoms with Crippen molar-refractivity contribution in [2.45, 2.75) is 32.0 Å². The van der Waals surface area contributed by atoms with Crippen LogP contribution >= 0.6 is 0 Å². The number of likely N-dealkylation sites (tertiary alicyclic amines) is 1. The predicted molar refractivity (Wildman–Crippen MR) is 81.9 cm³/mol. The van der Waals surface area contributed by atoms with E-state index in [1.165, 1.54) is 18.2 Å². The summed E-state index contributed by atoms with van der Waals surface area (Å²) in [5.41, 5.74) is 1.19. The average Bonchev–Trinajstić information content (AvgIpc) is 2.54. The molecule has 2 aliphatic heterocycles. The summed E-state index contributed by atoms with van der Waals surface area (Å²) in [6.07, 6.45) is 0.915. The van der Waals surface area contributed by atoms with Gasteiger partial charge in [0.1, 0.15) is 5.82 Å². The lowest BCUT2D eigenvalue weighted by Crippen LogP contribution is -2.60. The van der Waals surface area contributed by atoms with E-state index in [2.05, 4.69) is 11.0 Å². The molecule has 0 radical (unpaired) electrons. The van der Waals surface area contributed by atoms with Crippen LogP contribution in [0.2, 0.25) is 0 Å². The molecule has 0 spiro atoms. The van der Waals surface area contributed by atoms with Crippen LogP contribution in [0.3, 0.4) is 0 Å². The maximum Gasteiger partial charge on any atom is 0.219 e. The molecule has 0 saturated carbocycles. The predicted octanol–water partition coefficient (Wildman–Crippen LogP) is 1.52. The number of morpholine rings is 1. The number of piperidine rings is 1. The van der Waals surface area contributed by atoms with E-state index in [9.17, 15) is 14.4 Å². The van der Waals surface area contributed by atoms with Gasteiger partial charge in [-0.3, -0.25) is 9.69 Å². The van der Waals surface area contributed by atoms with Crippen LogP contribution in [0.4, 0.5) is 4.39 Å². The number of rotatable bonds is 2. The summed E-state index contributed by atoms with van der Waals surface area (Å²) in [5, 5.41) is 9.18. The second-order valence-corrected chi connectivity index (χ2v) is 6.13. The minimum atomic E-state index is -0.333. The Kier molecular flexibility index (Phi) is 4.60. The van der Waals surface area contributed by atoms with Gasteiger partial charge in [-0.25, -0.2) is 4.39 Å². The van der Waals surface area contributed by atoms with Crippen molar-refractivity contribution in [2.24, 2.45) is 0 Å². The van der Waals surface area contributed by atoms with Crippen molar-refractivity contribution < 1.29 is 13.9 Å². The number of fused-ring (bicyclic) bond motifs is 1. The molecule has 5 nitrogen and oxygen atoms in total. The van der Waals surface area contributed by atoms with Gasteiger partial charge in [-0.2, -0.15) is 5.26 Å². The normalized spacial score (nSPS) is 24.8. The van der Waals surface area contributed by atoms with Gasteiger partial charge in [0.05, 0.1) is 30.4 Å². The highest BCUT2D eigenvalue weighted by atomic mass is 19.1. The summed E-state index contributed by atoms with van der Waals surface area (Å²) in [7, 11) is 0. The number of hydrogen-bond donors (Lipinski definition) is 0. The van der Waals surface area contributed by atoms with Crippen LogP contribution in [0.25, 0.3) is 0 Å². The van der Waals surface area contributed by atoms with E-state index in [0.29, 0.717) is 37.4 Å². The van der Waals surface area contributed by atoms with E-state index in [1.807, 2.05) is 4.90 Å². The quantitative estimate of drug-likeness (QED) is 0.830. The molecule has 1 amide bonds. The van der Waals surface area contributed by atoms with Crippen molar-refractivity contribution in [3.8, 4) is 6.07 Å². The van der Waals surface area contributed by atoms with Crippen LogP contribution in [0.15, 0.2) is 18.2 Å². The van der Waals surface area contributed by atoms with Crippen LogP contribution in [0.1, 0.15) is 24.5 Å². The highest BCUT2D eigenvalue weighted by molar-refractivity contribution is 5.73. The Labute approximate surface area is 135 Å². The molecule has 23 heavy (non-hydrogen) atoms. The molecule has 1 aromatic rings. The number of nitrogens with zero attached hydrogens (tertiary/aromatic N) is 3. The third-order valence-electron chi connectivity index (χ3n) is 4.65. The lowest BCUT2D eigenvalue weighted by Gasteiger charge is -2.46. The number of amides is 1. The zero-order valence-corrected chi connectivity index (χ0v) is 13.2. The molecule has 2 saturated heterocycles. The van der Waals surface area contributed by atoms with Crippen molar-refractivity contribution in [1.29, 1.82) is 5.26 Å². The Morgan fingerprint density at radius 3 is 3.04 bits per heavy atom. The molecule has 0 aliphatic carbocycles. The summed E-state index contributed by atoms with van der Waals surface area (Å²) < 4.78 is 19.3. The molecule has 1 aromatic carbocycles. The SMILES string of the molecule is CC(=O)N1CCOC2CCN(Cc3cc(F)ccc3C#N)CC21. The number of ether oxygens (including phenoxy) is 1. The van der Waals surface area contributed by atoms with Gasteiger partial charge >= 0.3 is 0 Å². The number of nitriles is 1. The first kappa shape index (κ1) is 15.9. The molecule has 2 heterocycles. The van der Waals surface area contributed by atoms with Crippen LogP contribution in [-0.2, 0) is 16.1 Å². The zero-order chi connectivity index (χ0) is 16.4. The van der Waals surface area contributed by atoms with Gasteiger partial charge in [0, 0.05) is 33.1 Å². The molecule has 0 N–H and O–H groups in total. The Morgan fingerprint density at radius 2 is 2.30 bits per heavy atom. The summed E-state index contributed by atoms with van der Waals surface area (Å²) >= 11 is 0. The standard InChI is InChI=1S/C17H20FN3O2/c1-12(22)21-6-7-23-17-4-5-20(11-16(17)21)10-14-8-15(18)3-2-13(14)9-19/h2-3,8,16-17H,4-7,10-11H2,1H3. The Bertz CT molecular complexity index is 643. The lowest BCUT2D eigenvalue weighted by atomic mass is 9.97. The molecule has 2 fully saturated rings. The van der Waals surface area contributed by atoms with Crippen LogP contribution < -0.4 is 0 Å². The number of carbonyl (C=O) groups excluding carboxylic acids is 1. The fourth-order valence-electron chi connectivity index (χ4n) is 3.52. The molecule has 2 atom stereocenters. The van der Waals surface area contributed by atoms with E-state index in [4.69, 9.17) is 4.74 Å². The first-order valence-electron chi connectivity index (χ1n) is 7.88. The molecule has 0 aromatic heterocycles. The fourth-order valence-corrected chi connectivity index (χ4v) is 3.52. The highest BCUT2D eigenvalue weighted by Gasteiger charge is 2.38. The van der Waals surface area contributed by atoms with Crippen molar-refractivity contribution in [3.05, 3.63) is 35.1 Å². The van der Waals surface area contributed by atoms with Crippen LogP contribution in [0.5, 0.6) is 0 Å². The van der Waals surface area contributed by atoms with Gasteiger partial charge < -0.3 is 9.64 Å². The largest absolute Gasteiger partial charge is 0.374 e. The van der Waals surface area contributed by atoms with E-state index < -0.39 is 0 Å². The van der Waals surface area contributed by atoms with Crippen molar-refractivity contribution in [3.63, 3.8) is 0 Å². The van der Waals surface area contributed by atoms with Gasteiger partial charge in [0.25, 0.3) is 0 Å². The van der Waals surface area contributed by atoms with Crippen LogP contribution in [0, 0.1) is 17.1 Å². The summed E-state index contributed by atoms with van der Waals surface area (Å²) in [6.45, 7) is 4.80. The molecule has 122 valence electrons. The smallest absolute Gasteiger partial charge is 0.219 e. The molecular formula is C17H20FN3O2. The molecule has 3 rings (SSSR count). The van der Waals surface area contributed by atoms with Crippen molar-refractivity contribution in [1.82, 2.24) is 9.80 Å². The van der Waals surface area contributed by atoms with E-state index >= 15 is 0 Å². The Hall–Kier alpha value is -1.97. The van der Waals surface area contributed by atoms with Gasteiger partial charge in [-0.1, -0.05) is 0 Å². The minimum Gasteiger partial charge on any atom is -0.374 e. The second kappa shape index (κ2) is 6.65. The second-order valence-electron chi connectivity index (χ2n) is 6.13. The number of carbonyl (C=O) groups is 1. The average molecular weight is 317 g/mol. The molecular weight excluding hydrogens is 297 g/mol. The summed E-state index contributed by atoms with van der Waals surface area (Å²) in [4.78, 5) is 15.9. The zero-order valence-electron chi connectivity index (χ0n) is 13.2. The summed E-state index contributed by atoms with van der Waals surface area (Å²) in [6, 6.07) is 6.39. The maximum absolute atomic E-state index is 13.5. The topological polar surface area (TPSA) is 56.6 Å². The van der Waals surface area contributed by atoms with Crippen molar-refractivity contribution in [2.75, 3.05) is 26.2 Å². The minimum absolute atomic E-state index is 0.0362. The van der Waals surface area contributed by atoms with E-state index in [0.717, 1.165) is 13.0 Å². The van der Waals surface area contributed by atoms with Crippen LogP contribution in [-0.4, -0.2) is 54.1 Å². The number of hydrogen-bond acceptors (Lipinski definition) is 4. The number of halogens is 1. The van der Waals surface area contributed by atoms with E-state index in [1.54, 1.807) is 6.92 Å². The fraction of sp³-hybridized carbons (Fsp3) is 0.529. The molecule has 6 heteroatoms. The first-order chi connectivity index (χ1) is 11.1. The lowest BCUT2D eigenvalue weighted by molar-refractivity contribution is -0.150. The Morgan fingerprint density at radius 1 is 1.48 bits per heavy atom. The molecule has 0 bridgehead atoms. The molecule has 2 unspecified atom stereocenters. The maximum atomic E-state index is 13.5. The van der Waals surface area contributed by atoms with Gasteiger partial charge in [-0.05, 0) is 30.2 Å². The van der Waals surface area contributed by atoms with Gasteiger partial charge in [0.15, 0.2) is 0 Å². The molecule has 2 aliphatic rings. The third kappa shape index (κ3) is 3.36. The first-order valence-corrected chi connectivity index (χ1v) is 7.88. The highest BCUT2D eigenvalue weighted by Crippen LogP contribution is 2.25. The van der Waals surface area contributed by atoms with Gasteiger partial charge in [-0.15, -0.1) is 0 Å².